The van der Waals surface area contributed by atoms with Crippen molar-refractivity contribution < 1.29 is 10.2 Å². The van der Waals surface area contributed by atoms with Gasteiger partial charge in [0.25, 0.3) is 5.62 Å². The Bertz CT molecular complexity index is 1140. The van der Waals surface area contributed by atoms with Gasteiger partial charge in [-0.2, -0.15) is 19.6 Å². The van der Waals surface area contributed by atoms with Crippen LogP contribution >= 0.6 is 0 Å². The molecule has 142 valence electrons. The van der Waals surface area contributed by atoms with Crippen LogP contribution in [0.3, 0.4) is 0 Å². The Morgan fingerprint density at radius 2 is 2.26 bits per heavy atom. The van der Waals surface area contributed by atoms with Gasteiger partial charge in [0.05, 0.1) is 24.9 Å². The Balaban J connectivity index is 1.89. The molecule has 0 spiro atoms. The molecule has 3 aromatic rings. The van der Waals surface area contributed by atoms with E-state index in [4.69, 9.17) is 0 Å². The summed E-state index contributed by atoms with van der Waals surface area (Å²) in [6.07, 6.45) is 5.86. The van der Waals surface area contributed by atoms with E-state index in [0.717, 1.165) is 12.8 Å². The summed E-state index contributed by atoms with van der Waals surface area (Å²) in [7, 11) is 0. The van der Waals surface area contributed by atoms with Crippen LogP contribution in [0.5, 0.6) is 5.88 Å². The molecule has 1 saturated carbocycles. The van der Waals surface area contributed by atoms with E-state index >= 15 is 0 Å². The van der Waals surface area contributed by atoms with Gasteiger partial charge >= 0.3 is 5.69 Å². The summed E-state index contributed by atoms with van der Waals surface area (Å²) in [4.78, 5) is 29.6. The summed E-state index contributed by atoms with van der Waals surface area (Å²) in [5, 5.41) is 27.2. The topological polar surface area (TPSA) is 157 Å². The molecule has 0 bridgehead atoms. The average Bonchev–Trinajstić information content (AvgIpc) is 3.28. The summed E-state index contributed by atoms with van der Waals surface area (Å²) >= 11 is 0. The fourth-order valence-corrected chi connectivity index (χ4v) is 2.60. The molecule has 5 N–H and O–H groups in total. The zero-order valence-electron chi connectivity index (χ0n) is 14.7. The van der Waals surface area contributed by atoms with Crippen LogP contribution in [0.25, 0.3) is 11.7 Å². The first-order valence-electron chi connectivity index (χ1n) is 8.77. The third-order valence-electron chi connectivity index (χ3n) is 4.30. The summed E-state index contributed by atoms with van der Waals surface area (Å²) in [5.41, 5.74) is 0.612. The van der Waals surface area contributed by atoms with Crippen LogP contribution < -0.4 is 21.8 Å². The Kier molecular flexibility index (Phi) is 4.36. The zero-order valence-corrected chi connectivity index (χ0v) is 14.7. The number of fused-ring (bicyclic) bond motifs is 1. The summed E-state index contributed by atoms with van der Waals surface area (Å²) in [5.74, 6) is 0.0747. The first-order chi connectivity index (χ1) is 13.1. The number of anilines is 1. The minimum absolute atomic E-state index is 0.0448. The fraction of sp³-hybridized carbons (Fsp3) is 0.438. The second-order valence-corrected chi connectivity index (χ2v) is 6.46. The molecule has 0 unspecified atom stereocenters. The van der Waals surface area contributed by atoms with Crippen molar-refractivity contribution in [1.29, 1.82) is 0 Å². The summed E-state index contributed by atoms with van der Waals surface area (Å²) in [6, 6.07) is 0.0547. The molecule has 11 nitrogen and oxygen atoms in total. The second kappa shape index (κ2) is 6.83. The van der Waals surface area contributed by atoms with Crippen molar-refractivity contribution in [3.63, 3.8) is 0 Å². The molecule has 0 aromatic carbocycles. The molecule has 11 heteroatoms. The number of imidazole rings is 1. The first-order valence-corrected chi connectivity index (χ1v) is 8.77. The number of rotatable bonds is 6. The van der Waals surface area contributed by atoms with E-state index in [2.05, 4.69) is 35.3 Å². The Hall–Kier alpha value is -3.21. The molecule has 0 amide bonds. The van der Waals surface area contributed by atoms with Gasteiger partial charge in [0, 0.05) is 5.22 Å². The van der Waals surface area contributed by atoms with Crippen molar-refractivity contribution in [2.75, 3.05) is 11.9 Å². The molecule has 4 rings (SSSR count). The van der Waals surface area contributed by atoms with E-state index in [1.165, 1.54) is 4.52 Å². The molecule has 1 aliphatic rings. The predicted molar refractivity (Wildman–Crippen MR) is 96.0 cm³/mol. The molecule has 1 fully saturated rings. The molecule has 3 heterocycles. The number of hydrogen-bond acceptors (Lipinski definition) is 8. The van der Waals surface area contributed by atoms with E-state index < -0.39 is 5.69 Å². The monoisotopic (exact) mass is 372 g/mol. The molecular formula is C16H20N8O3. The molecule has 0 aliphatic heterocycles. The minimum atomic E-state index is -0.509. The van der Waals surface area contributed by atoms with Crippen LogP contribution in [0.15, 0.2) is 16.0 Å². The number of aromatic hydroxyl groups is 1. The van der Waals surface area contributed by atoms with Crippen LogP contribution in [0.4, 0.5) is 5.95 Å². The van der Waals surface area contributed by atoms with Gasteiger partial charge in [0.1, 0.15) is 5.69 Å². The first kappa shape index (κ1) is 17.2. The van der Waals surface area contributed by atoms with Gasteiger partial charge in [-0.1, -0.05) is 6.92 Å². The number of H-pyrrole nitrogens is 2. The third kappa shape index (κ3) is 3.53. The lowest BCUT2D eigenvalue weighted by molar-refractivity contribution is 0.271. The number of hydrogen-bond donors (Lipinski definition) is 5. The van der Waals surface area contributed by atoms with E-state index in [-0.39, 0.29) is 30.3 Å². The molecule has 1 aliphatic carbocycles. The van der Waals surface area contributed by atoms with Gasteiger partial charge in [0.15, 0.2) is 5.65 Å². The second-order valence-electron chi connectivity index (χ2n) is 6.46. The lowest BCUT2D eigenvalue weighted by Gasteiger charge is -2.13. The van der Waals surface area contributed by atoms with E-state index in [1.54, 1.807) is 12.3 Å². The van der Waals surface area contributed by atoms with Crippen LogP contribution in [-0.2, 0) is 0 Å². The Labute approximate surface area is 152 Å². The quantitative estimate of drug-likeness (QED) is 0.358. The van der Waals surface area contributed by atoms with Crippen molar-refractivity contribution in [3.05, 3.63) is 33.2 Å². The fourth-order valence-electron chi connectivity index (χ4n) is 2.60. The molecular weight excluding hydrogens is 352 g/mol. The van der Waals surface area contributed by atoms with E-state index in [9.17, 15) is 15.0 Å². The maximum atomic E-state index is 11.3. The lowest BCUT2D eigenvalue weighted by Crippen LogP contribution is -2.29. The number of aromatic amines is 2. The van der Waals surface area contributed by atoms with Crippen LogP contribution in [0.1, 0.15) is 31.9 Å². The number of nitrogens with one attached hydrogen (secondary N) is 3. The van der Waals surface area contributed by atoms with Crippen molar-refractivity contribution in [2.24, 2.45) is 4.99 Å². The lowest BCUT2D eigenvalue weighted by atomic mass is 10.2. The number of aliphatic hydroxyl groups is 1. The van der Waals surface area contributed by atoms with Crippen molar-refractivity contribution in [1.82, 2.24) is 29.5 Å². The molecule has 27 heavy (non-hydrogen) atoms. The van der Waals surface area contributed by atoms with Gasteiger partial charge in [-0.3, -0.25) is 4.98 Å². The molecule has 0 saturated heterocycles. The van der Waals surface area contributed by atoms with Gasteiger partial charge in [-0.25, -0.2) is 9.79 Å². The highest BCUT2D eigenvalue weighted by atomic mass is 16.3. The zero-order chi connectivity index (χ0) is 19.0. The molecule has 1 atom stereocenters. The highest BCUT2D eigenvalue weighted by Crippen LogP contribution is 2.22. The Morgan fingerprint density at radius 1 is 1.44 bits per heavy atom. The molecule has 0 radical (unpaired) electrons. The average molecular weight is 372 g/mol. The van der Waals surface area contributed by atoms with Crippen molar-refractivity contribution in [3.8, 4) is 5.88 Å². The standard InChI is InChI=1S/C16H20N8O3/c1-2-9(7-25)18-14-21-12-8(5-11-13(26)22-16(27)20-11)6-17-24(12)15(23-14)19-10-3-4-10/h5-6,9-10,25-26H,2-4,7H2,1H3,(H,18,19,23)(H2,20,22,27)/b8-5-/t9-/m0/s1. The van der Waals surface area contributed by atoms with Crippen LogP contribution in [0.2, 0.25) is 0 Å². The van der Waals surface area contributed by atoms with E-state index in [1.807, 2.05) is 6.92 Å². The van der Waals surface area contributed by atoms with E-state index in [0.29, 0.717) is 28.9 Å². The van der Waals surface area contributed by atoms with Gasteiger partial charge in [-0.05, 0) is 25.3 Å². The number of nitrogens with zero attached hydrogens (tertiary/aromatic N) is 5. The van der Waals surface area contributed by atoms with Crippen molar-refractivity contribution >= 4 is 17.7 Å². The predicted octanol–water partition coefficient (Wildman–Crippen LogP) is -1.36. The third-order valence-corrected chi connectivity index (χ3v) is 4.30. The number of aromatic nitrogens is 6. The van der Waals surface area contributed by atoms with Gasteiger partial charge in [-0.15, -0.1) is 0 Å². The van der Waals surface area contributed by atoms with Crippen LogP contribution in [0, 0.1) is 0 Å². The minimum Gasteiger partial charge on any atom is -0.493 e. The summed E-state index contributed by atoms with van der Waals surface area (Å²) < 4.78 is 1.52. The van der Waals surface area contributed by atoms with Gasteiger partial charge in [0.2, 0.25) is 11.8 Å². The van der Waals surface area contributed by atoms with Crippen LogP contribution in [-0.4, -0.2) is 58.5 Å². The maximum Gasteiger partial charge on any atom is 0.326 e. The van der Waals surface area contributed by atoms with Gasteiger partial charge < -0.3 is 20.5 Å². The highest BCUT2D eigenvalue weighted by Gasteiger charge is 2.21. The summed E-state index contributed by atoms with van der Waals surface area (Å²) in [6.45, 7) is 1.90. The smallest absolute Gasteiger partial charge is 0.326 e. The Morgan fingerprint density at radius 3 is 2.89 bits per heavy atom. The van der Waals surface area contributed by atoms with Crippen molar-refractivity contribution in [2.45, 2.75) is 38.3 Å². The normalized spacial score (nSPS) is 17.0. The number of aliphatic hydroxyl groups excluding tert-OH is 1. The largest absolute Gasteiger partial charge is 0.493 e. The SMILES string of the molecule is CC[C@@H](CO)Nc1nc(=NC2CC2)n2nc/c(=C/c3[nH]c(=O)[nH]c3O)c2n1. The molecule has 3 aromatic heterocycles. The highest BCUT2D eigenvalue weighted by molar-refractivity contribution is 5.57. The maximum absolute atomic E-state index is 11.3.